The molecule has 4 nitrogen and oxygen atoms in total. The maximum absolute atomic E-state index is 12.8. The molecule has 156 valence electrons. The van der Waals surface area contributed by atoms with Crippen LogP contribution in [0.2, 0.25) is 5.02 Å². The molecule has 0 spiro atoms. The number of hydrogen-bond donors (Lipinski definition) is 1. The number of piperazine rings is 1. The summed E-state index contributed by atoms with van der Waals surface area (Å²) < 4.78 is 38.5. The molecule has 0 unspecified atom stereocenters. The van der Waals surface area contributed by atoms with E-state index in [1.54, 1.807) is 0 Å². The van der Waals surface area contributed by atoms with Gasteiger partial charge in [0.1, 0.15) is 5.82 Å². The van der Waals surface area contributed by atoms with Crippen molar-refractivity contribution < 1.29 is 13.2 Å². The first-order valence-corrected chi connectivity index (χ1v) is 9.99. The van der Waals surface area contributed by atoms with E-state index in [0.717, 1.165) is 54.9 Å². The molecule has 0 aliphatic carbocycles. The predicted octanol–water partition coefficient (Wildman–Crippen LogP) is 4.89. The lowest BCUT2D eigenvalue weighted by Gasteiger charge is -2.36. The molecule has 2 aromatic rings. The molecule has 0 saturated carbocycles. The molecule has 1 aromatic carbocycles. The van der Waals surface area contributed by atoms with Crippen LogP contribution in [0.4, 0.5) is 19.0 Å². The molecule has 1 saturated heterocycles. The van der Waals surface area contributed by atoms with Crippen molar-refractivity contribution in [3.63, 3.8) is 0 Å². The first-order chi connectivity index (χ1) is 13.6. The zero-order valence-electron chi connectivity index (χ0n) is 16.2. The van der Waals surface area contributed by atoms with E-state index in [1.165, 1.54) is 12.1 Å². The van der Waals surface area contributed by atoms with Gasteiger partial charge in [0.15, 0.2) is 5.11 Å². The molecule has 9 heteroatoms. The van der Waals surface area contributed by atoms with Gasteiger partial charge in [-0.3, -0.25) is 4.90 Å². The van der Waals surface area contributed by atoms with Crippen molar-refractivity contribution in [2.24, 2.45) is 0 Å². The third-order valence-electron chi connectivity index (χ3n) is 4.74. The summed E-state index contributed by atoms with van der Waals surface area (Å²) >= 11 is 11.3. The SMILES string of the molecule is Cc1cc(C)nc(NC(=S)N2CCN(Cc3ccc(C(F)(F)F)c(Cl)c3)CC2)c1. The van der Waals surface area contributed by atoms with E-state index >= 15 is 0 Å². The van der Waals surface area contributed by atoms with E-state index in [1.807, 2.05) is 26.0 Å². The number of hydrogen-bond acceptors (Lipinski definition) is 3. The molecule has 3 rings (SSSR count). The summed E-state index contributed by atoms with van der Waals surface area (Å²) in [6.07, 6.45) is -4.44. The summed E-state index contributed by atoms with van der Waals surface area (Å²) in [6, 6.07) is 7.88. The number of nitrogens with one attached hydrogen (secondary N) is 1. The number of aromatic nitrogens is 1. The molecule has 0 atom stereocenters. The first-order valence-electron chi connectivity index (χ1n) is 9.21. The Hall–Kier alpha value is -1.90. The number of pyridine rings is 1. The predicted molar refractivity (Wildman–Crippen MR) is 113 cm³/mol. The topological polar surface area (TPSA) is 31.4 Å². The molecule has 2 heterocycles. The van der Waals surface area contributed by atoms with E-state index < -0.39 is 11.7 Å². The molecule has 0 amide bonds. The van der Waals surface area contributed by atoms with Crippen molar-refractivity contribution in [2.45, 2.75) is 26.6 Å². The van der Waals surface area contributed by atoms with E-state index in [9.17, 15) is 13.2 Å². The third kappa shape index (κ3) is 5.81. The lowest BCUT2D eigenvalue weighted by Crippen LogP contribution is -2.49. The highest BCUT2D eigenvalue weighted by Crippen LogP contribution is 2.35. The Bertz CT molecular complexity index is 876. The Morgan fingerprint density at radius 2 is 1.83 bits per heavy atom. The van der Waals surface area contributed by atoms with Gasteiger partial charge in [0.25, 0.3) is 0 Å². The van der Waals surface area contributed by atoms with Crippen LogP contribution in [0, 0.1) is 13.8 Å². The third-order valence-corrected chi connectivity index (χ3v) is 5.41. The largest absolute Gasteiger partial charge is 0.417 e. The van der Waals surface area contributed by atoms with Crippen molar-refractivity contribution in [2.75, 3.05) is 31.5 Å². The van der Waals surface area contributed by atoms with Gasteiger partial charge in [-0.1, -0.05) is 17.7 Å². The molecular formula is C20H22ClF3N4S. The van der Waals surface area contributed by atoms with Crippen LogP contribution in [0.5, 0.6) is 0 Å². The molecule has 29 heavy (non-hydrogen) atoms. The number of nitrogens with zero attached hydrogens (tertiary/aromatic N) is 3. The number of halogens is 4. The lowest BCUT2D eigenvalue weighted by molar-refractivity contribution is -0.137. The average molecular weight is 443 g/mol. The van der Waals surface area contributed by atoms with Crippen LogP contribution in [-0.4, -0.2) is 46.1 Å². The zero-order valence-corrected chi connectivity index (χ0v) is 17.8. The van der Waals surface area contributed by atoms with Crippen molar-refractivity contribution in [3.05, 3.63) is 57.7 Å². The molecule has 1 aromatic heterocycles. The lowest BCUT2D eigenvalue weighted by atomic mass is 10.1. The van der Waals surface area contributed by atoms with Crippen molar-refractivity contribution in [3.8, 4) is 0 Å². The number of aryl methyl sites for hydroxylation is 2. The molecule has 0 bridgehead atoms. The van der Waals surface area contributed by atoms with Crippen LogP contribution in [0.15, 0.2) is 30.3 Å². The van der Waals surface area contributed by atoms with E-state index in [-0.39, 0.29) is 5.02 Å². The van der Waals surface area contributed by atoms with Crippen LogP contribution < -0.4 is 5.32 Å². The summed E-state index contributed by atoms with van der Waals surface area (Å²) in [5.41, 5.74) is 2.00. The minimum absolute atomic E-state index is 0.264. The number of alkyl halides is 3. The highest BCUT2D eigenvalue weighted by atomic mass is 35.5. The average Bonchev–Trinajstić information content (AvgIpc) is 2.60. The molecule has 1 fully saturated rings. The summed E-state index contributed by atoms with van der Waals surface area (Å²) in [7, 11) is 0. The van der Waals surface area contributed by atoms with Gasteiger partial charge in [0.2, 0.25) is 0 Å². The van der Waals surface area contributed by atoms with Gasteiger partial charge >= 0.3 is 6.18 Å². The minimum Gasteiger partial charge on any atom is -0.346 e. The summed E-state index contributed by atoms with van der Waals surface area (Å²) in [5.74, 6) is 0.731. The first kappa shape index (κ1) is 21.8. The van der Waals surface area contributed by atoms with Crippen LogP contribution in [0.25, 0.3) is 0 Å². The molecule has 1 N–H and O–H groups in total. The highest BCUT2D eigenvalue weighted by molar-refractivity contribution is 7.80. The van der Waals surface area contributed by atoms with Crippen LogP contribution in [0.1, 0.15) is 22.4 Å². The fraction of sp³-hybridized carbons (Fsp3) is 0.400. The van der Waals surface area contributed by atoms with Gasteiger partial charge in [-0.15, -0.1) is 0 Å². The molecule has 1 aliphatic rings. The standard InChI is InChI=1S/C20H22ClF3N4S/c1-13-9-14(2)25-18(10-13)26-19(29)28-7-5-27(6-8-28)12-15-3-4-16(17(21)11-15)20(22,23)24/h3-4,9-11H,5-8,12H2,1-2H3,(H,25,26,29). The zero-order chi connectivity index (χ0) is 21.2. The van der Waals surface area contributed by atoms with Gasteiger partial charge in [-0.05, 0) is 61.5 Å². The van der Waals surface area contributed by atoms with E-state index in [2.05, 4.69) is 20.1 Å². The summed E-state index contributed by atoms with van der Waals surface area (Å²) in [6.45, 7) is 7.45. The normalized spacial score (nSPS) is 15.4. The second-order valence-corrected chi connectivity index (χ2v) is 7.97. The van der Waals surface area contributed by atoms with Crippen LogP contribution in [0.3, 0.4) is 0 Å². The van der Waals surface area contributed by atoms with Gasteiger partial charge in [-0.25, -0.2) is 4.98 Å². The quantitative estimate of drug-likeness (QED) is 0.684. The molecule has 1 aliphatic heterocycles. The van der Waals surface area contributed by atoms with Gasteiger partial charge in [-0.2, -0.15) is 13.2 Å². The van der Waals surface area contributed by atoms with Gasteiger partial charge in [0.05, 0.1) is 10.6 Å². The minimum atomic E-state index is -4.44. The van der Waals surface area contributed by atoms with E-state index in [0.29, 0.717) is 11.7 Å². The maximum atomic E-state index is 12.8. The molecule has 0 radical (unpaired) electrons. The molecular weight excluding hydrogens is 421 g/mol. The monoisotopic (exact) mass is 442 g/mol. The Morgan fingerprint density at radius 1 is 1.14 bits per heavy atom. The second-order valence-electron chi connectivity index (χ2n) is 7.18. The smallest absolute Gasteiger partial charge is 0.346 e. The number of rotatable bonds is 3. The number of thiocarbonyl (C=S) groups is 1. The Morgan fingerprint density at radius 3 is 2.41 bits per heavy atom. The van der Waals surface area contributed by atoms with Crippen molar-refractivity contribution in [1.82, 2.24) is 14.8 Å². The summed E-state index contributed by atoms with van der Waals surface area (Å²) in [5, 5.41) is 3.55. The van der Waals surface area contributed by atoms with Crippen LogP contribution in [-0.2, 0) is 12.7 Å². The highest BCUT2D eigenvalue weighted by Gasteiger charge is 2.33. The van der Waals surface area contributed by atoms with Gasteiger partial charge in [0, 0.05) is 38.4 Å². The van der Waals surface area contributed by atoms with Crippen molar-refractivity contribution >= 4 is 34.7 Å². The second kappa shape index (κ2) is 8.85. The Balaban J connectivity index is 1.54. The fourth-order valence-electron chi connectivity index (χ4n) is 3.35. The fourth-order valence-corrected chi connectivity index (χ4v) is 3.95. The number of anilines is 1. The Kier molecular flexibility index (Phi) is 6.65. The van der Waals surface area contributed by atoms with E-state index in [4.69, 9.17) is 23.8 Å². The van der Waals surface area contributed by atoms with Crippen molar-refractivity contribution in [1.29, 1.82) is 0 Å². The maximum Gasteiger partial charge on any atom is 0.417 e. The Labute approximate surface area is 178 Å². The van der Waals surface area contributed by atoms with Crippen LogP contribution >= 0.6 is 23.8 Å². The van der Waals surface area contributed by atoms with Gasteiger partial charge < -0.3 is 10.2 Å². The summed E-state index contributed by atoms with van der Waals surface area (Å²) in [4.78, 5) is 8.69. The number of benzene rings is 1.